The van der Waals surface area contributed by atoms with E-state index >= 15 is 0 Å². The van der Waals surface area contributed by atoms with Crippen LogP contribution in [0.15, 0.2) is 69.9 Å². The lowest BCUT2D eigenvalue weighted by atomic mass is 10.2. The van der Waals surface area contributed by atoms with E-state index < -0.39 is 0 Å². The minimum absolute atomic E-state index is 0.102. The van der Waals surface area contributed by atoms with Crippen molar-refractivity contribution in [1.29, 1.82) is 0 Å². The lowest BCUT2D eigenvalue weighted by Gasteiger charge is -1.95. The van der Waals surface area contributed by atoms with Crippen molar-refractivity contribution in [3.8, 4) is 18.1 Å². The fourth-order valence-corrected chi connectivity index (χ4v) is 1.73. The Morgan fingerprint density at radius 2 is 1.71 bits per heavy atom. The van der Waals surface area contributed by atoms with E-state index in [1.54, 1.807) is 31.4 Å². The zero-order chi connectivity index (χ0) is 15.1. The second-order valence-electron chi connectivity index (χ2n) is 4.13. The minimum atomic E-state index is -0.102. The summed E-state index contributed by atoms with van der Waals surface area (Å²) in [7, 11) is 1.66. The van der Waals surface area contributed by atoms with Gasteiger partial charge in [-0.25, -0.2) is 0 Å². The maximum Gasteiger partial charge on any atom is 0.193 e. The summed E-state index contributed by atoms with van der Waals surface area (Å²) in [6, 6.07) is 18.0. The molecule has 0 aliphatic heterocycles. The lowest BCUT2D eigenvalue weighted by molar-refractivity contribution is 0.415. The van der Waals surface area contributed by atoms with Gasteiger partial charge < -0.3 is 9.15 Å². The molecule has 3 heteroatoms. The summed E-state index contributed by atoms with van der Waals surface area (Å²) in [5.74, 6) is 3.47. The molecular formula is C18H14O3. The van der Waals surface area contributed by atoms with Crippen LogP contribution in [0.5, 0.6) is 5.75 Å². The highest BCUT2D eigenvalue weighted by atomic mass is 16.5. The van der Waals surface area contributed by atoms with Gasteiger partial charge in [0.25, 0.3) is 0 Å². The van der Waals surface area contributed by atoms with Crippen molar-refractivity contribution >= 4 is 11.0 Å². The number of hydrogen-bond acceptors (Lipinski definition) is 3. The Morgan fingerprint density at radius 3 is 2.33 bits per heavy atom. The van der Waals surface area contributed by atoms with Crippen molar-refractivity contribution in [2.24, 2.45) is 0 Å². The third kappa shape index (κ3) is 3.74. The first-order chi connectivity index (χ1) is 10.2. The third-order valence-corrected chi connectivity index (χ3v) is 2.76. The van der Waals surface area contributed by atoms with Gasteiger partial charge >= 0.3 is 0 Å². The molecule has 0 saturated heterocycles. The van der Waals surface area contributed by atoms with E-state index in [0.29, 0.717) is 11.0 Å². The Hall–Kier alpha value is -2.99. The fourth-order valence-electron chi connectivity index (χ4n) is 1.73. The van der Waals surface area contributed by atoms with Crippen molar-refractivity contribution in [2.45, 2.75) is 0 Å². The van der Waals surface area contributed by atoms with Crippen molar-refractivity contribution < 1.29 is 9.15 Å². The molecule has 2 aromatic carbocycles. The van der Waals surface area contributed by atoms with Gasteiger partial charge in [-0.15, -0.1) is 6.42 Å². The zero-order valence-corrected chi connectivity index (χ0v) is 11.6. The summed E-state index contributed by atoms with van der Waals surface area (Å²) in [6.07, 6.45) is 5.13. The van der Waals surface area contributed by atoms with Gasteiger partial charge in [0.2, 0.25) is 0 Å². The predicted molar refractivity (Wildman–Crippen MR) is 83.4 cm³/mol. The first kappa shape index (κ1) is 14.4. The van der Waals surface area contributed by atoms with Crippen LogP contribution in [0.4, 0.5) is 0 Å². The summed E-state index contributed by atoms with van der Waals surface area (Å²) in [5.41, 5.74) is 0.428. The van der Waals surface area contributed by atoms with Crippen LogP contribution in [0.25, 0.3) is 11.0 Å². The number of fused-ring (bicyclic) bond motifs is 1. The summed E-state index contributed by atoms with van der Waals surface area (Å²) in [6.45, 7) is 0. The number of terminal acetylenes is 1. The topological polar surface area (TPSA) is 39.4 Å². The molecule has 0 bridgehead atoms. The summed E-state index contributed by atoms with van der Waals surface area (Å²) in [5, 5.41) is 0.557. The quantitative estimate of drug-likeness (QED) is 0.640. The van der Waals surface area contributed by atoms with Gasteiger partial charge in [0.1, 0.15) is 11.3 Å². The van der Waals surface area contributed by atoms with E-state index in [4.69, 9.17) is 15.6 Å². The number of ether oxygens (including phenoxy) is 1. The highest BCUT2D eigenvalue weighted by molar-refractivity contribution is 5.76. The van der Waals surface area contributed by atoms with Crippen LogP contribution >= 0.6 is 0 Å². The van der Waals surface area contributed by atoms with Crippen LogP contribution in [-0.4, -0.2) is 7.11 Å². The molecule has 0 radical (unpaired) electrons. The minimum Gasteiger partial charge on any atom is -0.497 e. The number of benzene rings is 2. The normalized spacial score (nSPS) is 9.33. The average molecular weight is 278 g/mol. The van der Waals surface area contributed by atoms with Gasteiger partial charge in [-0.3, -0.25) is 4.79 Å². The Balaban J connectivity index is 0.000000173. The first-order valence-corrected chi connectivity index (χ1v) is 6.33. The number of rotatable bonds is 1. The second kappa shape index (κ2) is 6.97. The third-order valence-electron chi connectivity index (χ3n) is 2.76. The molecule has 0 amide bonds. The summed E-state index contributed by atoms with van der Waals surface area (Å²) < 4.78 is 10.2. The highest BCUT2D eigenvalue weighted by Crippen LogP contribution is 2.10. The SMILES string of the molecule is C#Cc1cc(=O)c2ccccc2o1.COc1ccccc1. The first-order valence-electron chi connectivity index (χ1n) is 6.33. The maximum absolute atomic E-state index is 11.4. The van der Waals surface area contributed by atoms with Gasteiger partial charge in [0.15, 0.2) is 11.2 Å². The Labute approximate surface area is 122 Å². The highest BCUT2D eigenvalue weighted by Gasteiger charge is 2.00. The average Bonchev–Trinajstić information content (AvgIpc) is 2.56. The molecule has 104 valence electrons. The van der Waals surface area contributed by atoms with Crippen LogP contribution in [0, 0.1) is 12.3 Å². The van der Waals surface area contributed by atoms with Crippen LogP contribution in [0.2, 0.25) is 0 Å². The van der Waals surface area contributed by atoms with E-state index in [2.05, 4.69) is 5.92 Å². The van der Waals surface area contributed by atoms with Crippen molar-refractivity contribution in [1.82, 2.24) is 0 Å². The smallest absolute Gasteiger partial charge is 0.193 e. The Bertz CT molecular complexity index is 811. The monoisotopic (exact) mass is 278 g/mol. The molecule has 21 heavy (non-hydrogen) atoms. The van der Waals surface area contributed by atoms with E-state index in [1.807, 2.05) is 30.3 Å². The molecule has 1 heterocycles. The Kier molecular flexibility index (Phi) is 4.79. The van der Waals surface area contributed by atoms with Gasteiger partial charge in [-0.05, 0) is 30.2 Å². The number of para-hydroxylation sites is 2. The second-order valence-corrected chi connectivity index (χ2v) is 4.13. The van der Waals surface area contributed by atoms with E-state index in [1.165, 1.54) is 6.07 Å². The van der Waals surface area contributed by atoms with E-state index in [0.717, 1.165) is 5.75 Å². The molecule has 0 aliphatic carbocycles. The molecule has 3 aromatic rings. The van der Waals surface area contributed by atoms with Gasteiger partial charge in [0, 0.05) is 6.07 Å². The number of hydrogen-bond donors (Lipinski definition) is 0. The Morgan fingerprint density at radius 1 is 1.05 bits per heavy atom. The van der Waals surface area contributed by atoms with Gasteiger partial charge in [-0.1, -0.05) is 30.3 Å². The number of methoxy groups -OCH3 is 1. The molecule has 3 nitrogen and oxygen atoms in total. The molecule has 0 saturated carbocycles. The molecule has 3 rings (SSSR count). The molecule has 0 fully saturated rings. The zero-order valence-electron chi connectivity index (χ0n) is 11.6. The fraction of sp³-hybridized carbons (Fsp3) is 0.0556. The molecule has 1 aromatic heterocycles. The van der Waals surface area contributed by atoms with Crippen LogP contribution < -0.4 is 10.2 Å². The van der Waals surface area contributed by atoms with E-state index in [-0.39, 0.29) is 11.2 Å². The summed E-state index contributed by atoms with van der Waals surface area (Å²) >= 11 is 0. The summed E-state index contributed by atoms with van der Waals surface area (Å²) in [4.78, 5) is 11.4. The van der Waals surface area contributed by atoms with Crippen LogP contribution in [-0.2, 0) is 0 Å². The molecule has 0 N–H and O–H groups in total. The molecular weight excluding hydrogens is 264 g/mol. The van der Waals surface area contributed by atoms with Crippen molar-refractivity contribution in [2.75, 3.05) is 7.11 Å². The van der Waals surface area contributed by atoms with Crippen molar-refractivity contribution in [3.63, 3.8) is 0 Å². The van der Waals surface area contributed by atoms with Crippen LogP contribution in [0.3, 0.4) is 0 Å². The molecule has 0 spiro atoms. The molecule has 0 unspecified atom stereocenters. The molecule has 0 atom stereocenters. The van der Waals surface area contributed by atoms with Crippen LogP contribution in [0.1, 0.15) is 5.76 Å². The maximum atomic E-state index is 11.4. The standard InChI is InChI=1S/C11H6O2.C7H8O/c1-2-8-7-10(12)9-5-3-4-6-11(9)13-8;1-8-7-5-3-2-4-6-7/h1,3-7H;2-6H,1H3. The predicted octanol–water partition coefficient (Wildman–Crippen LogP) is 3.47. The molecule has 0 aliphatic rings. The lowest BCUT2D eigenvalue weighted by Crippen LogP contribution is -1.99. The van der Waals surface area contributed by atoms with Crippen molar-refractivity contribution in [3.05, 3.63) is 76.6 Å². The largest absolute Gasteiger partial charge is 0.497 e. The van der Waals surface area contributed by atoms with E-state index in [9.17, 15) is 4.79 Å². The van der Waals surface area contributed by atoms with Gasteiger partial charge in [0.05, 0.1) is 12.5 Å². The van der Waals surface area contributed by atoms with Gasteiger partial charge in [-0.2, -0.15) is 0 Å².